The first-order chi connectivity index (χ1) is 14.6. The largest absolute Gasteiger partial charge is 0.481 e. The summed E-state index contributed by atoms with van der Waals surface area (Å²) in [6.07, 6.45) is 11.7. The molecule has 6 heteroatoms. The number of fused-ring (bicyclic) bond motifs is 2. The highest BCUT2D eigenvalue weighted by Crippen LogP contribution is 2.50. The Balaban J connectivity index is 1.32. The Kier molecular flexibility index (Phi) is 7.05. The second kappa shape index (κ2) is 9.92. The Labute approximate surface area is 186 Å². The first kappa shape index (κ1) is 21.3. The highest BCUT2D eigenvalue weighted by atomic mass is 32.1. The van der Waals surface area contributed by atoms with Crippen LogP contribution in [0.15, 0.2) is 41.1 Å². The molecule has 4 nitrogen and oxygen atoms in total. The Bertz CT molecular complexity index is 886. The monoisotopic (exact) mass is 443 g/mol. The van der Waals surface area contributed by atoms with E-state index in [0.29, 0.717) is 24.2 Å². The van der Waals surface area contributed by atoms with E-state index in [1.807, 2.05) is 6.07 Å². The maximum Gasteiger partial charge on any atom is 0.303 e. The van der Waals surface area contributed by atoms with Gasteiger partial charge in [-0.15, -0.1) is 11.3 Å². The molecular formula is C24H29NO3S2. The van der Waals surface area contributed by atoms with Crippen LogP contribution in [0.25, 0.3) is 0 Å². The molecule has 0 aliphatic heterocycles. The zero-order chi connectivity index (χ0) is 20.9. The van der Waals surface area contributed by atoms with Crippen LogP contribution in [-0.4, -0.2) is 23.0 Å². The highest BCUT2D eigenvalue weighted by Gasteiger charge is 2.47. The summed E-state index contributed by atoms with van der Waals surface area (Å²) < 4.78 is 0. The minimum absolute atomic E-state index is 0.0737. The minimum atomic E-state index is -0.730. The second-order valence-electron chi connectivity index (χ2n) is 8.56. The van der Waals surface area contributed by atoms with E-state index in [1.54, 1.807) is 22.7 Å². The van der Waals surface area contributed by atoms with E-state index < -0.39 is 5.97 Å². The van der Waals surface area contributed by atoms with Gasteiger partial charge < -0.3 is 10.4 Å². The molecule has 2 aliphatic carbocycles. The Morgan fingerprint density at radius 1 is 1.17 bits per heavy atom. The molecule has 4 atom stereocenters. The van der Waals surface area contributed by atoms with Crippen LogP contribution in [0.5, 0.6) is 0 Å². The number of hydrogen-bond acceptors (Lipinski definition) is 4. The standard InChI is InChI=1S/C24H29NO3S2/c26-22(27)6-4-2-1-3-5-20-17-7-8-18(14-17)23(20)25-24(28)21-10-9-19(30-21)13-16-11-12-29-15-16/h1,3,9-12,15,17-18,20,23H,2,4-8,13-14H2,(H,25,28)(H,26,27). The quantitative estimate of drug-likeness (QED) is 0.363. The van der Waals surface area contributed by atoms with E-state index in [4.69, 9.17) is 5.11 Å². The molecule has 2 aromatic rings. The molecule has 2 aliphatic rings. The van der Waals surface area contributed by atoms with Gasteiger partial charge in [-0.25, -0.2) is 0 Å². The molecular weight excluding hydrogens is 414 g/mol. The first-order valence-corrected chi connectivity index (χ1v) is 12.6. The third kappa shape index (κ3) is 5.22. The van der Waals surface area contributed by atoms with Crippen LogP contribution in [0.2, 0.25) is 0 Å². The lowest BCUT2D eigenvalue weighted by molar-refractivity contribution is -0.137. The summed E-state index contributed by atoms with van der Waals surface area (Å²) in [6.45, 7) is 0. The number of aliphatic carboxylic acids is 1. The summed E-state index contributed by atoms with van der Waals surface area (Å²) in [7, 11) is 0. The fourth-order valence-electron chi connectivity index (χ4n) is 5.13. The lowest BCUT2D eigenvalue weighted by Crippen LogP contribution is -2.43. The number of unbranched alkanes of at least 4 members (excludes halogenated alkanes) is 1. The van der Waals surface area contributed by atoms with Crippen LogP contribution < -0.4 is 5.32 Å². The van der Waals surface area contributed by atoms with Gasteiger partial charge in [-0.05, 0) is 90.8 Å². The zero-order valence-corrected chi connectivity index (χ0v) is 18.7. The third-order valence-electron chi connectivity index (χ3n) is 6.57. The normalized spacial score (nSPS) is 25.2. The molecule has 2 fully saturated rings. The van der Waals surface area contributed by atoms with E-state index in [0.717, 1.165) is 24.1 Å². The molecule has 2 aromatic heterocycles. The van der Waals surface area contributed by atoms with Crippen molar-refractivity contribution in [1.82, 2.24) is 5.32 Å². The number of nitrogens with one attached hydrogen (secondary N) is 1. The second-order valence-corrected chi connectivity index (χ2v) is 10.5. The summed E-state index contributed by atoms with van der Waals surface area (Å²) in [5, 5.41) is 16.4. The van der Waals surface area contributed by atoms with Crippen molar-refractivity contribution in [2.45, 2.75) is 57.4 Å². The number of carbonyl (C=O) groups is 2. The van der Waals surface area contributed by atoms with Crippen molar-refractivity contribution in [2.24, 2.45) is 17.8 Å². The lowest BCUT2D eigenvalue weighted by atomic mass is 9.82. The molecule has 160 valence electrons. The molecule has 4 rings (SSSR count). The molecule has 2 heterocycles. The van der Waals surface area contributed by atoms with Crippen molar-refractivity contribution in [3.05, 3.63) is 56.4 Å². The molecule has 30 heavy (non-hydrogen) atoms. The number of amides is 1. The molecule has 0 spiro atoms. The molecule has 4 unspecified atom stereocenters. The number of hydrogen-bond donors (Lipinski definition) is 2. The van der Waals surface area contributed by atoms with Gasteiger partial charge in [0.1, 0.15) is 0 Å². The van der Waals surface area contributed by atoms with Gasteiger partial charge in [-0.1, -0.05) is 12.2 Å². The van der Waals surface area contributed by atoms with Gasteiger partial charge in [0, 0.05) is 23.8 Å². The predicted molar refractivity (Wildman–Crippen MR) is 122 cm³/mol. The average Bonchev–Trinajstić information content (AvgIpc) is 3.50. The predicted octanol–water partition coefficient (Wildman–Crippen LogP) is 5.75. The van der Waals surface area contributed by atoms with E-state index >= 15 is 0 Å². The fourth-order valence-corrected chi connectivity index (χ4v) is 6.74. The summed E-state index contributed by atoms with van der Waals surface area (Å²) in [4.78, 5) is 25.6. The number of carboxylic acid groups (broad SMARTS) is 1. The molecule has 0 saturated heterocycles. The van der Waals surface area contributed by atoms with Gasteiger partial charge >= 0.3 is 5.97 Å². The first-order valence-electron chi connectivity index (χ1n) is 10.9. The van der Waals surface area contributed by atoms with Gasteiger partial charge in [-0.2, -0.15) is 11.3 Å². The maximum absolute atomic E-state index is 12.9. The number of rotatable bonds is 10. The van der Waals surface area contributed by atoms with E-state index in [2.05, 4.69) is 40.4 Å². The molecule has 2 saturated carbocycles. The van der Waals surface area contributed by atoms with Crippen LogP contribution in [0.4, 0.5) is 0 Å². The molecule has 2 N–H and O–H groups in total. The number of carbonyl (C=O) groups excluding carboxylic acids is 1. The molecule has 0 radical (unpaired) electrons. The van der Waals surface area contributed by atoms with Crippen LogP contribution >= 0.6 is 22.7 Å². The van der Waals surface area contributed by atoms with Crippen molar-refractivity contribution in [2.75, 3.05) is 0 Å². The summed E-state index contributed by atoms with van der Waals surface area (Å²) >= 11 is 3.31. The van der Waals surface area contributed by atoms with E-state index in [-0.39, 0.29) is 18.4 Å². The number of allylic oxidation sites excluding steroid dienone is 2. The lowest BCUT2D eigenvalue weighted by Gasteiger charge is -2.31. The van der Waals surface area contributed by atoms with Crippen molar-refractivity contribution in [3.63, 3.8) is 0 Å². The molecule has 1 amide bonds. The van der Waals surface area contributed by atoms with Gasteiger partial charge in [0.15, 0.2) is 0 Å². The summed E-state index contributed by atoms with van der Waals surface area (Å²) in [6, 6.07) is 6.45. The van der Waals surface area contributed by atoms with E-state index in [9.17, 15) is 9.59 Å². The van der Waals surface area contributed by atoms with Crippen LogP contribution in [0.3, 0.4) is 0 Å². The number of thiophene rings is 2. The SMILES string of the molecule is O=C(O)CCCC=CCC1C2CCC(C2)C1NC(=O)c1ccc(Cc2ccsc2)s1. The summed E-state index contributed by atoms with van der Waals surface area (Å²) in [5.41, 5.74) is 1.30. The van der Waals surface area contributed by atoms with Crippen molar-refractivity contribution < 1.29 is 14.7 Å². The van der Waals surface area contributed by atoms with Crippen LogP contribution in [-0.2, 0) is 11.2 Å². The van der Waals surface area contributed by atoms with Crippen molar-refractivity contribution in [3.8, 4) is 0 Å². The van der Waals surface area contributed by atoms with Gasteiger partial charge in [0.2, 0.25) is 0 Å². The van der Waals surface area contributed by atoms with E-state index in [1.165, 1.54) is 29.7 Å². The average molecular weight is 444 g/mol. The Morgan fingerprint density at radius 3 is 2.83 bits per heavy atom. The Morgan fingerprint density at radius 2 is 2.03 bits per heavy atom. The van der Waals surface area contributed by atoms with Crippen LogP contribution in [0.1, 0.15) is 65.1 Å². The third-order valence-corrected chi connectivity index (χ3v) is 8.38. The number of carboxylic acids is 1. The van der Waals surface area contributed by atoms with Crippen molar-refractivity contribution in [1.29, 1.82) is 0 Å². The van der Waals surface area contributed by atoms with Gasteiger partial charge in [0.25, 0.3) is 5.91 Å². The highest BCUT2D eigenvalue weighted by molar-refractivity contribution is 7.14. The molecule has 2 bridgehead atoms. The minimum Gasteiger partial charge on any atom is -0.481 e. The maximum atomic E-state index is 12.9. The summed E-state index contributed by atoms with van der Waals surface area (Å²) in [5.74, 6) is 1.17. The Hall–Kier alpha value is -1.92. The topological polar surface area (TPSA) is 66.4 Å². The molecule has 0 aromatic carbocycles. The smallest absolute Gasteiger partial charge is 0.303 e. The fraction of sp³-hybridized carbons (Fsp3) is 0.500. The van der Waals surface area contributed by atoms with Crippen LogP contribution in [0, 0.1) is 17.8 Å². The zero-order valence-electron chi connectivity index (χ0n) is 17.1. The van der Waals surface area contributed by atoms with Crippen molar-refractivity contribution >= 4 is 34.6 Å². The van der Waals surface area contributed by atoms with Gasteiger partial charge in [-0.3, -0.25) is 9.59 Å². The van der Waals surface area contributed by atoms with Gasteiger partial charge in [0.05, 0.1) is 4.88 Å².